The number of carbonyl (C=O) groups is 1. The number of fused-ring (bicyclic) bond motifs is 1. The van der Waals surface area contributed by atoms with Crippen molar-refractivity contribution in [3.63, 3.8) is 0 Å². The molecule has 1 aromatic heterocycles. The molecule has 2 aliphatic rings. The number of aryl methyl sites for hydroxylation is 1. The van der Waals surface area contributed by atoms with Crippen molar-refractivity contribution in [1.82, 2.24) is 15.0 Å². The lowest BCUT2D eigenvalue weighted by molar-refractivity contribution is 0.0691. The number of carbonyl (C=O) groups excluding carboxylic acids is 1. The number of hydrogen-bond donors (Lipinski definition) is 1. The molecule has 2 heterocycles. The standard InChI is InChI=1S/C28H30ClF2N3O3/c1-17-4-7-20(13-24(17)30)37-12-2-3-18-8-10-33(11-9-18)32-28(36)22-16-34(19-5-6-19)26-15-23(29)25(31)14-21(26)27(22)35/h4,7,13-16,18-19H,2-3,5-6,8-12H2,1H3,(H,32,36). The van der Waals surface area contributed by atoms with Gasteiger partial charge in [-0.25, -0.2) is 13.8 Å². The van der Waals surface area contributed by atoms with E-state index in [0.717, 1.165) is 44.6 Å². The number of piperidine rings is 1. The van der Waals surface area contributed by atoms with E-state index >= 15 is 0 Å². The molecule has 3 aromatic rings. The zero-order valence-corrected chi connectivity index (χ0v) is 21.5. The molecule has 6 nitrogen and oxygen atoms in total. The van der Waals surface area contributed by atoms with Crippen LogP contribution < -0.4 is 15.6 Å². The highest BCUT2D eigenvalue weighted by atomic mass is 35.5. The Labute approximate surface area is 219 Å². The number of hydrogen-bond acceptors (Lipinski definition) is 4. The SMILES string of the molecule is Cc1ccc(OCCCC2CCN(NC(=O)c3cn(C4CC4)c4cc(Cl)c(F)cc4c3=O)CC2)cc1F. The van der Waals surface area contributed by atoms with Crippen LogP contribution >= 0.6 is 11.6 Å². The van der Waals surface area contributed by atoms with E-state index in [1.54, 1.807) is 25.3 Å². The Kier molecular flexibility index (Phi) is 7.49. The molecule has 1 amide bonds. The predicted octanol–water partition coefficient (Wildman–Crippen LogP) is 5.79. The van der Waals surface area contributed by atoms with Crippen molar-refractivity contribution in [2.75, 3.05) is 19.7 Å². The average Bonchev–Trinajstić information content (AvgIpc) is 3.72. The van der Waals surface area contributed by atoms with Gasteiger partial charge in [0.15, 0.2) is 0 Å². The normalized spacial score (nSPS) is 16.8. The largest absolute Gasteiger partial charge is 0.493 e. The van der Waals surface area contributed by atoms with Crippen molar-refractivity contribution in [3.8, 4) is 5.75 Å². The van der Waals surface area contributed by atoms with E-state index in [0.29, 0.717) is 42.4 Å². The predicted molar refractivity (Wildman–Crippen MR) is 139 cm³/mol. The lowest BCUT2D eigenvalue weighted by atomic mass is 9.93. The Hall–Kier alpha value is -2.97. The Morgan fingerprint density at radius 1 is 1.11 bits per heavy atom. The lowest BCUT2D eigenvalue weighted by Crippen LogP contribution is -2.47. The van der Waals surface area contributed by atoms with Gasteiger partial charge in [-0.1, -0.05) is 17.7 Å². The van der Waals surface area contributed by atoms with Crippen LogP contribution in [-0.2, 0) is 0 Å². The van der Waals surface area contributed by atoms with Crippen LogP contribution in [0.5, 0.6) is 5.75 Å². The summed E-state index contributed by atoms with van der Waals surface area (Å²) in [5, 5.41) is 1.96. The van der Waals surface area contributed by atoms with Crippen molar-refractivity contribution >= 4 is 28.4 Å². The highest BCUT2D eigenvalue weighted by Gasteiger charge is 2.28. The van der Waals surface area contributed by atoms with Crippen molar-refractivity contribution < 1.29 is 18.3 Å². The minimum absolute atomic E-state index is 0.00735. The highest BCUT2D eigenvalue weighted by molar-refractivity contribution is 6.31. The number of ether oxygens (including phenoxy) is 1. The molecule has 1 aliphatic heterocycles. The van der Waals surface area contributed by atoms with Gasteiger partial charge in [0.2, 0.25) is 5.43 Å². The summed E-state index contributed by atoms with van der Waals surface area (Å²) in [6, 6.07) is 7.67. The maximum absolute atomic E-state index is 14.1. The number of nitrogens with zero attached hydrogens (tertiary/aromatic N) is 2. The Bertz CT molecular complexity index is 1380. The van der Waals surface area contributed by atoms with Gasteiger partial charge < -0.3 is 9.30 Å². The van der Waals surface area contributed by atoms with Crippen LogP contribution in [0.1, 0.15) is 60.5 Å². The number of halogens is 3. The average molecular weight is 530 g/mol. The third-order valence-corrected chi connectivity index (χ3v) is 7.59. The maximum atomic E-state index is 14.1. The van der Waals surface area contributed by atoms with Gasteiger partial charge in [-0.15, -0.1) is 0 Å². The molecule has 2 aromatic carbocycles. The van der Waals surface area contributed by atoms with Crippen LogP contribution in [0.3, 0.4) is 0 Å². The fourth-order valence-corrected chi connectivity index (χ4v) is 5.08. The second-order valence-electron chi connectivity index (χ2n) is 10.1. The lowest BCUT2D eigenvalue weighted by Gasteiger charge is -2.32. The fourth-order valence-electron chi connectivity index (χ4n) is 4.92. The number of rotatable bonds is 8. The third-order valence-electron chi connectivity index (χ3n) is 7.30. The van der Waals surface area contributed by atoms with Crippen LogP contribution in [0.4, 0.5) is 8.78 Å². The number of aromatic nitrogens is 1. The van der Waals surface area contributed by atoms with Crippen molar-refractivity contribution in [1.29, 1.82) is 0 Å². The number of hydrazine groups is 1. The molecule has 1 saturated carbocycles. The van der Waals surface area contributed by atoms with Gasteiger partial charge in [0.1, 0.15) is 22.9 Å². The molecule has 2 fully saturated rings. The summed E-state index contributed by atoms with van der Waals surface area (Å²) in [4.78, 5) is 26.1. The minimum atomic E-state index is -0.676. The van der Waals surface area contributed by atoms with Crippen LogP contribution in [0.15, 0.2) is 41.3 Å². The molecule has 0 spiro atoms. The fraction of sp³-hybridized carbons (Fsp3) is 0.429. The molecule has 0 radical (unpaired) electrons. The molecular weight excluding hydrogens is 500 g/mol. The first-order valence-electron chi connectivity index (χ1n) is 12.8. The van der Waals surface area contributed by atoms with Gasteiger partial charge in [-0.2, -0.15) is 0 Å². The first-order chi connectivity index (χ1) is 17.8. The summed E-state index contributed by atoms with van der Waals surface area (Å²) in [5.74, 6) is -0.370. The molecule has 1 saturated heterocycles. The molecule has 0 atom stereocenters. The zero-order chi connectivity index (χ0) is 26.1. The van der Waals surface area contributed by atoms with Gasteiger partial charge in [-0.05, 0) is 75.1 Å². The monoisotopic (exact) mass is 529 g/mol. The molecule has 0 bridgehead atoms. The first kappa shape index (κ1) is 25.7. The van der Waals surface area contributed by atoms with Crippen molar-refractivity contribution in [2.45, 2.75) is 51.5 Å². The first-order valence-corrected chi connectivity index (χ1v) is 13.2. The Balaban J connectivity index is 1.15. The number of amides is 1. The van der Waals surface area contributed by atoms with E-state index in [2.05, 4.69) is 5.43 Å². The van der Waals surface area contributed by atoms with Crippen LogP contribution in [0.25, 0.3) is 10.9 Å². The van der Waals surface area contributed by atoms with E-state index < -0.39 is 17.2 Å². The molecule has 9 heteroatoms. The molecule has 0 unspecified atom stereocenters. The molecule has 37 heavy (non-hydrogen) atoms. The second-order valence-corrected chi connectivity index (χ2v) is 10.5. The summed E-state index contributed by atoms with van der Waals surface area (Å²) in [5.41, 5.74) is 3.53. The second kappa shape index (κ2) is 10.8. The summed E-state index contributed by atoms with van der Waals surface area (Å²) < 4.78 is 35.3. The molecule has 1 aliphatic carbocycles. The smallest absolute Gasteiger partial charge is 0.271 e. The van der Waals surface area contributed by atoms with E-state index in [-0.39, 0.29) is 27.8 Å². The van der Waals surface area contributed by atoms with E-state index in [1.807, 2.05) is 9.58 Å². The van der Waals surface area contributed by atoms with Crippen LogP contribution in [0, 0.1) is 24.5 Å². The summed E-state index contributed by atoms with van der Waals surface area (Å²) >= 11 is 5.96. The number of nitrogens with one attached hydrogen (secondary N) is 1. The molecule has 5 rings (SSSR count). The van der Waals surface area contributed by atoms with E-state index in [4.69, 9.17) is 16.3 Å². The highest BCUT2D eigenvalue weighted by Crippen LogP contribution is 2.37. The van der Waals surface area contributed by atoms with Gasteiger partial charge in [0.25, 0.3) is 5.91 Å². The third kappa shape index (κ3) is 5.80. The van der Waals surface area contributed by atoms with Gasteiger partial charge in [0.05, 0.1) is 17.1 Å². The minimum Gasteiger partial charge on any atom is -0.493 e. The quantitative estimate of drug-likeness (QED) is 0.375. The van der Waals surface area contributed by atoms with Gasteiger partial charge in [0, 0.05) is 36.8 Å². The maximum Gasteiger partial charge on any atom is 0.271 e. The molecule has 1 N–H and O–H groups in total. The van der Waals surface area contributed by atoms with E-state index in [1.165, 1.54) is 12.1 Å². The zero-order valence-electron chi connectivity index (χ0n) is 20.7. The van der Waals surface area contributed by atoms with Crippen LogP contribution in [-0.4, -0.2) is 35.2 Å². The Morgan fingerprint density at radius 2 is 1.86 bits per heavy atom. The van der Waals surface area contributed by atoms with Gasteiger partial charge >= 0.3 is 0 Å². The van der Waals surface area contributed by atoms with Crippen molar-refractivity contribution in [2.24, 2.45) is 5.92 Å². The van der Waals surface area contributed by atoms with E-state index in [9.17, 15) is 18.4 Å². The topological polar surface area (TPSA) is 63.6 Å². The van der Waals surface area contributed by atoms with Gasteiger partial charge in [-0.3, -0.25) is 15.0 Å². The summed E-state index contributed by atoms with van der Waals surface area (Å²) in [6.07, 6.45) is 7.13. The molecular formula is C28H30ClF2N3O3. The van der Waals surface area contributed by atoms with Crippen LogP contribution in [0.2, 0.25) is 5.02 Å². The van der Waals surface area contributed by atoms with Crippen molar-refractivity contribution in [3.05, 3.63) is 74.5 Å². The number of pyridine rings is 1. The Morgan fingerprint density at radius 3 is 2.57 bits per heavy atom. The summed E-state index contributed by atoms with van der Waals surface area (Å²) in [7, 11) is 0. The molecule has 196 valence electrons. The summed E-state index contributed by atoms with van der Waals surface area (Å²) in [6.45, 7) is 3.60. The number of benzene rings is 2.